The van der Waals surface area contributed by atoms with Crippen molar-refractivity contribution in [1.29, 1.82) is 0 Å². The highest BCUT2D eigenvalue weighted by molar-refractivity contribution is 6.18. The Labute approximate surface area is 103 Å². The van der Waals surface area contributed by atoms with Gasteiger partial charge in [0.2, 0.25) is 0 Å². The highest BCUT2D eigenvalue weighted by Gasteiger charge is 2.05. The normalized spacial score (nSPS) is 11.2. The van der Waals surface area contributed by atoms with Gasteiger partial charge in [0, 0.05) is 44.3 Å². The second-order valence-corrected chi connectivity index (χ2v) is 4.46. The van der Waals surface area contributed by atoms with Crippen LogP contribution in [0.5, 0.6) is 0 Å². The lowest BCUT2D eigenvalue weighted by Gasteiger charge is -2.20. The zero-order valence-electron chi connectivity index (χ0n) is 10.3. The molecule has 1 rings (SSSR count). The van der Waals surface area contributed by atoms with Gasteiger partial charge < -0.3 is 4.90 Å². The minimum Gasteiger partial charge on any atom is -0.302 e. The van der Waals surface area contributed by atoms with E-state index in [0.717, 1.165) is 31.9 Å². The number of aryl methyl sites for hydroxylation is 1. The molecule has 0 amide bonds. The lowest BCUT2D eigenvalue weighted by molar-refractivity contribution is 0.286. The maximum atomic E-state index is 5.81. The number of halogens is 1. The minimum absolute atomic E-state index is 0.717. The topological polar surface area (TPSA) is 21.1 Å². The number of nitrogens with zero attached hydrogens (tertiary/aromatic N) is 3. The van der Waals surface area contributed by atoms with Crippen LogP contribution in [0.1, 0.15) is 25.5 Å². The fourth-order valence-electron chi connectivity index (χ4n) is 1.76. The molecule has 16 heavy (non-hydrogen) atoms. The Kier molecular flexibility index (Phi) is 6.50. The first-order valence-corrected chi connectivity index (χ1v) is 6.56. The van der Waals surface area contributed by atoms with E-state index in [1.165, 1.54) is 18.5 Å². The number of aromatic nitrogens is 2. The Morgan fingerprint density at radius 3 is 2.75 bits per heavy atom. The predicted octanol–water partition coefficient (Wildman–Crippen LogP) is 2.30. The van der Waals surface area contributed by atoms with Gasteiger partial charge >= 0.3 is 0 Å². The van der Waals surface area contributed by atoms with Gasteiger partial charge in [-0.2, -0.15) is 5.10 Å². The van der Waals surface area contributed by atoms with E-state index < -0.39 is 0 Å². The van der Waals surface area contributed by atoms with Crippen LogP contribution in [0.2, 0.25) is 0 Å². The van der Waals surface area contributed by atoms with Crippen molar-refractivity contribution in [3.8, 4) is 0 Å². The molecule has 0 atom stereocenters. The van der Waals surface area contributed by atoms with Crippen LogP contribution in [0.3, 0.4) is 0 Å². The van der Waals surface area contributed by atoms with E-state index in [-0.39, 0.29) is 0 Å². The molecule has 0 bridgehead atoms. The molecule has 0 saturated heterocycles. The van der Waals surface area contributed by atoms with E-state index in [2.05, 4.69) is 23.0 Å². The van der Waals surface area contributed by atoms with Crippen molar-refractivity contribution in [2.24, 2.45) is 7.05 Å². The highest BCUT2D eigenvalue weighted by Crippen LogP contribution is 2.02. The molecule has 0 aliphatic rings. The van der Waals surface area contributed by atoms with Crippen molar-refractivity contribution in [3.05, 3.63) is 18.0 Å². The monoisotopic (exact) mass is 243 g/mol. The molecule has 0 aromatic carbocycles. The summed E-state index contributed by atoms with van der Waals surface area (Å²) >= 11 is 5.81. The molecule has 0 saturated carbocycles. The maximum Gasteiger partial charge on any atom is 0.0492 e. The summed E-state index contributed by atoms with van der Waals surface area (Å²) in [7, 11) is 1.99. The van der Waals surface area contributed by atoms with Crippen LogP contribution in [0.25, 0.3) is 0 Å². The molecule has 0 radical (unpaired) electrons. The number of hydrogen-bond donors (Lipinski definition) is 0. The van der Waals surface area contributed by atoms with Crippen LogP contribution in [0.4, 0.5) is 0 Å². The molecule has 0 fully saturated rings. The average Bonchev–Trinajstić information content (AvgIpc) is 2.68. The first-order chi connectivity index (χ1) is 7.77. The summed E-state index contributed by atoms with van der Waals surface area (Å²) in [6.07, 6.45) is 5.40. The molecule has 0 aliphatic carbocycles. The zero-order chi connectivity index (χ0) is 11.8. The molecule has 3 nitrogen and oxygen atoms in total. The molecule has 4 heteroatoms. The summed E-state index contributed by atoms with van der Waals surface area (Å²) in [4.78, 5) is 2.43. The second-order valence-electron chi connectivity index (χ2n) is 4.08. The van der Waals surface area contributed by atoms with E-state index >= 15 is 0 Å². The van der Waals surface area contributed by atoms with E-state index in [4.69, 9.17) is 11.6 Å². The van der Waals surface area contributed by atoms with Gasteiger partial charge in [0.05, 0.1) is 0 Å². The lowest BCUT2D eigenvalue weighted by Crippen LogP contribution is -2.29. The van der Waals surface area contributed by atoms with Crippen LogP contribution in [-0.2, 0) is 13.5 Å². The molecular weight excluding hydrogens is 222 g/mol. The van der Waals surface area contributed by atoms with Crippen molar-refractivity contribution >= 4 is 11.6 Å². The molecule has 92 valence electrons. The minimum atomic E-state index is 0.717. The van der Waals surface area contributed by atoms with Crippen molar-refractivity contribution in [3.63, 3.8) is 0 Å². The summed E-state index contributed by atoms with van der Waals surface area (Å²) in [6, 6.07) is 2.08. The first-order valence-electron chi connectivity index (χ1n) is 6.03. The van der Waals surface area contributed by atoms with Crippen molar-refractivity contribution in [2.45, 2.75) is 26.2 Å². The van der Waals surface area contributed by atoms with Gasteiger partial charge in [0.25, 0.3) is 0 Å². The van der Waals surface area contributed by atoms with Gasteiger partial charge in [-0.3, -0.25) is 4.68 Å². The fraction of sp³-hybridized carbons (Fsp3) is 0.750. The predicted molar refractivity (Wildman–Crippen MR) is 69.0 cm³/mol. The van der Waals surface area contributed by atoms with Crippen LogP contribution in [0, 0.1) is 0 Å². The Hall–Kier alpha value is -0.540. The van der Waals surface area contributed by atoms with Gasteiger partial charge in [-0.15, -0.1) is 11.6 Å². The molecule has 0 aliphatic heterocycles. The second kappa shape index (κ2) is 7.69. The summed E-state index contributed by atoms with van der Waals surface area (Å²) in [5.41, 5.74) is 1.29. The Bertz CT molecular complexity index is 286. The van der Waals surface area contributed by atoms with Crippen molar-refractivity contribution in [1.82, 2.24) is 14.7 Å². The maximum absolute atomic E-state index is 5.81. The van der Waals surface area contributed by atoms with E-state index in [1.54, 1.807) is 0 Å². The summed E-state index contributed by atoms with van der Waals surface area (Å²) in [5, 5.41) is 4.17. The Balaban J connectivity index is 2.34. The lowest BCUT2D eigenvalue weighted by atomic mass is 10.2. The number of unbranched alkanes of at least 4 members (excludes halogenated alkanes) is 1. The first kappa shape index (κ1) is 13.5. The molecule has 0 N–H and O–H groups in total. The molecular formula is C12H22ClN3. The summed E-state index contributed by atoms with van der Waals surface area (Å²) in [6.45, 7) is 5.44. The van der Waals surface area contributed by atoms with Crippen LogP contribution in [0.15, 0.2) is 12.3 Å². The van der Waals surface area contributed by atoms with Gasteiger partial charge in [-0.25, -0.2) is 0 Å². The smallest absolute Gasteiger partial charge is 0.0492 e. The van der Waals surface area contributed by atoms with Gasteiger partial charge in [-0.1, -0.05) is 13.3 Å². The quantitative estimate of drug-likeness (QED) is 0.654. The standard InChI is InChI=1S/C12H22ClN3/c1-3-4-9-16(11-7-13)10-6-12-5-8-14-15(12)2/h5,8H,3-4,6-7,9-11H2,1-2H3. The van der Waals surface area contributed by atoms with E-state index in [0.29, 0.717) is 0 Å². The number of alkyl halides is 1. The average molecular weight is 244 g/mol. The third kappa shape index (κ3) is 4.54. The molecule has 1 aromatic rings. The third-order valence-corrected chi connectivity index (χ3v) is 3.00. The zero-order valence-corrected chi connectivity index (χ0v) is 11.1. The van der Waals surface area contributed by atoms with E-state index in [1.807, 2.05) is 17.9 Å². The third-order valence-electron chi connectivity index (χ3n) is 2.84. The summed E-state index contributed by atoms with van der Waals surface area (Å²) < 4.78 is 1.94. The van der Waals surface area contributed by atoms with Gasteiger partial charge in [0.1, 0.15) is 0 Å². The molecule has 0 unspecified atom stereocenters. The Morgan fingerprint density at radius 1 is 1.38 bits per heavy atom. The van der Waals surface area contributed by atoms with Crippen molar-refractivity contribution < 1.29 is 0 Å². The SMILES string of the molecule is CCCCN(CCCl)CCc1ccnn1C. The van der Waals surface area contributed by atoms with Crippen LogP contribution < -0.4 is 0 Å². The highest BCUT2D eigenvalue weighted by atomic mass is 35.5. The van der Waals surface area contributed by atoms with Gasteiger partial charge in [0.15, 0.2) is 0 Å². The largest absolute Gasteiger partial charge is 0.302 e. The fourth-order valence-corrected chi connectivity index (χ4v) is 1.99. The van der Waals surface area contributed by atoms with Crippen molar-refractivity contribution in [2.75, 3.05) is 25.5 Å². The van der Waals surface area contributed by atoms with E-state index in [9.17, 15) is 0 Å². The van der Waals surface area contributed by atoms with Crippen LogP contribution >= 0.6 is 11.6 Å². The number of hydrogen-bond acceptors (Lipinski definition) is 2. The molecule has 1 heterocycles. The molecule has 0 spiro atoms. The molecule has 1 aromatic heterocycles. The van der Waals surface area contributed by atoms with Gasteiger partial charge in [-0.05, 0) is 19.0 Å². The summed E-state index contributed by atoms with van der Waals surface area (Å²) in [5.74, 6) is 0.717. The van der Waals surface area contributed by atoms with Crippen LogP contribution in [-0.4, -0.2) is 40.2 Å². The Morgan fingerprint density at radius 2 is 2.19 bits per heavy atom. The number of rotatable bonds is 8.